The molecule has 2 rings (SSSR count). The molecular formula is C17H27NS. The van der Waals surface area contributed by atoms with Gasteiger partial charge in [0.05, 0.1) is 6.04 Å². The van der Waals surface area contributed by atoms with E-state index in [2.05, 4.69) is 37.4 Å². The zero-order chi connectivity index (χ0) is 13.5. The molecule has 0 aliphatic heterocycles. The number of aryl methyl sites for hydroxylation is 1. The zero-order valence-corrected chi connectivity index (χ0v) is 13.2. The Bertz CT molecular complexity index is 405. The van der Waals surface area contributed by atoms with Crippen molar-refractivity contribution in [1.29, 1.82) is 0 Å². The molecule has 1 aromatic heterocycles. The van der Waals surface area contributed by atoms with E-state index in [9.17, 15) is 0 Å². The summed E-state index contributed by atoms with van der Waals surface area (Å²) in [5.74, 6) is 0. The highest BCUT2D eigenvalue weighted by Crippen LogP contribution is 2.32. The van der Waals surface area contributed by atoms with Crippen molar-refractivity contribution in [3.8, 4) is 0 Å². The van der Waals surface area contributed by atoms with Crippen molar-refractivity contribution < 1.29 is 0 Å². The van der Waals surface area contributed by atoms with Crippen molar-refractivity contribution in [3.63, 3.8) is 0 Å². The second-order valence-electron chi connectivity index (χ2n) is 5.57. The summed E-state index contributed by atoms with van der Waals surface area (Å²) >= 11 is 1.95. The molecule has 19 heavy (non-hydrogen) atoms. The van der Waals surface area contributed by atoms with Gasteiger partial charge in [-0.25, -0.2) is 0 Å². The predicted molar refractivity (Wildman–Crippen MR) is 85.9 cm³/mol. The summed E-state index contributed by atoms with van der Waals surface area (Å²) in [6.07, 6.45) is 11.8. The van der Waals surface area contributed by atoms with Gasteiger partial charge in [0.1, 0.15) is 0 Å². The van der Waals surface area contributed by atoms with Crippen LogP contribution in [0.25, 0.3) is 0 Å². The molecule has 1 nitrogen and oxygen atoms in total. The van der Waals surface area contributed by atoms with Gasteiger partial charge in [-0.3, -0.25) is 0 Å². The molecule has 2 heteroatoms. The van der Waals surface area contributed by atoms with Gasteiger partial charge in [-0.05, 0) is 57.7 Å². The second kappa shape index (κ2) is 7.86. The van der Waals surface area contributed by atoms with E-state index in [1.807, 2.05) is 11.3 Å². The molecule has 0 amide bonds. The Labute approximate surface area is 122 Å². The molecule has 0 spiro atoms. The maximum Gasteiger partial charge on any atom is 0.0630 e. The molecule has 1 heterocycles. The van der Waals surface area contributed by atoms with Crippen molar-refractivity contribution in [2.24, 2.45) is 0 Å². The highest BCUT2D eigenvalue weighted by Gasteiger charge is 2.17. The van der Waals surface area contributed by atoms with Gasteiger partial charge in [0.2, 0.25) is 0 Å². The fourth-order valence-corrected chi connectivity index (χ4v) is 3.79. The van der Waals surface area contributed by atoms with Crippen LogP contribution in [0, 0.1) is 6.92 Å². The van der Waals surface area contributed by atoms with Gasteiger partial charge in [0, 0.05) is 9.75 Å². The van der Waals surface area contributed by atoms with Gasteiger partial charge < -0.3 is 5.32 Å². The lowest BCUT2D eigenvalue weighted by molar-refractivity contribution is 0.545. The van der Waals surface area contributed by atoms with Crippen LogP contribution in [0.3, 0.4) is 0 Å². The van der Waals surface area contributed by atoms with Crippen LogP contribution in [0.2, 0.25) is 0 Å². The summed E-state index contributed by atoms with van der Waals surface area (Å²) in [6, 6.07) is 5.04. The highest BCUT2D eigenvalue weighted by atomic mass is 32.1. The maximum atomic E-state index is 3.76. The summed E-state index contributed by atoms with van der Waals surface area (Å²) in [5, 5.41) is 3.76. The smallest absolute Gasteiger partial charge is 0.0630 e. The summed E-state index contributed by atoms with van der Waals surface area (Å²) in [5.41, 5.74) is 1.63. The first-order chi connectivity index (χ1) is 9.31. The van der Waals surface area contributed by atoms with Gasteiger partial charge >= 0.3 is 0 Å². The average molecular weight is 277 g/mol. The summed E-state index contributed by atoms with van der Waals surface area (Å²) in [6.45, 7) is 5.56. The lowest BCUT2D eigenvalue weighted by Crippen LogP contribution is -2.23. The highest BCUT2D eigenvalue weighted by molar-refractivity contribution is 7.12. The minimum atomic E-state index is 0.469. The number of nitrogens with one attached hydrogen (secondary N) is 1. The van der Waals surface area contributed by atoms with E-state index < -0.39 is 0 Å². The molecule has 0 aromatic carbocycles. The van der Waals surface area contributed by atoms with E-state index >= 15 is 0 Å². The van der Waals surface area contributed by atoms with E-state index in [1.54, 1.807) is 5.57 Å². The first-order valence-corrected chi connectivity index (χ1v) is 8.61. The third-order valence-electron chi connectivity index (χ3n) is 3.84. The van der Waals surface area contributed by atoms with E-state index in [0.717, 1.165) is 6.54 Å². The average Bonchev–Trinajstić information content (AvgIpc) is 2.78. The fraction of sp³-hybridized carbons (Fsp3) is 0.647. The van der Waals surface area contributed by atoms with Crippen molar-refractivity contribution in [3.05, 3.63) is 33.5 Å². The molecule has 1 aliphatic carbocycles. The number of thiophene rings is 1. The number of hydrogen-bond acceptors (Lipinski definition) is 2. The maximum absolute atomic E-state index is 3.76. The molecule has 1 atom stereocenters. The Morgan fingerprint density at radius 2 is 2.05 bits per heavy atom. The van der Waals surface area contributed by atoms with Gasteiger partial charge in [-0.1, -0.05) is 31.4 Å². The van der Waals surface area contributed by atoms with Crippen LogP contribution in [-0.2, 0) is 0 Å². The van der Waals surface area contributed by atoms with Crippen LogP contribution < -0.4 is 5.32 Å². The number of allylic oxidation sites excluding steroid dienone is 1. The predicted octanol–water partition coefficient (Wildman–Crippen LogP) is 5.38. The lowest BCUT2D eigenvalue weighted by Gasteiger charge is -2.22. The lowest BCUT2D eigenvalue weighted by atomic mass is 9.94. The normalized spacial score (nSPS) is 21.3. The largest absolute Gasteiger partial charge is 0.306 e. The molecule has 1 unspecified atom stereocenters. The molecule has 1 aliphatic rings. The molecule has 106 valence electrons. The van der Waals surface area contributed by atoms with E-state index in [0.29, 0.717) is 6.04 Å². The number of hydrogen-bond donors (Lipinski definition) is 1. The summed E-state index contributed by atoms with van der Waals surface area (Å²) in [7, 11) is 0. The van der Waals surface area contributed by atoms with Crippen LogP contribution in [0.1, 0.15) is 67.7 Å². The molecule has 0 fully saturated rings. The molecule has 0 radical (unpaired) electrons. The topological polar surface area (TPSA) is 12.0 Å². The molecular weight excluding hydrogens is 250 g/mol. The van der Waals surface area contributed by atoms with Crippen molar-refractivity contribution >= 4 is 11.3 Å². The van der Waals surface area contributed by atoms with E-state index in [-0.39, 0.29) is 0 Å². The van der Waals surface area contributed by atoms with Gasteiger partial charge in [-0.15, -0.1) is 11.3 Å². The SMILES string of the molecule is CCCNC(/C1=C/CCCCCC1)c1ccc(C)s1. The third kappa shape index (κ3) is 4.47. The first-order valence-electron chi connectivity index (χ1n) is 7.80. The standard InChI is InChI=1S/C17H27NS/c1-3-13-18-17(16-12-11-14(2)19-16)15-9-7-5-4-6-8-10-15/h9,11-12,17-18H,3-8,10,13H2,1-2H3/b15-9+. The Kier molecular flexibility index (Phi) is 6.12. The minimum absolute atomic E-state index is 0.469. The molecule has 1 aromatic rings. The van der Waals surface area contributed by atoms with Crippen LogP contribution in [0.5, 0.6) is 0 Å². The summed E-state index contributed by atoms with van der Waals surface area (Å²) in [4.78, 5) is 2.92. The van der Waals surface area contributed by atoms with Gasteiger partial charge in [-0.2, -0.15) is 0 Å². The van der Waals surface area contributed by atoms with Crippen LogP contribution in [-0.4, -0.2) is 6.54 Å². The van der Waals surface area contributed by atoms with Gasteiger partial charge in [0.25, 0.3) is 0 Å². The monoisotopic (exact) mass is 277 g/mol. The minimum Gasteiger partial charge on any atom is -0.306 e. The number of rotatable bonds is 5. The van der Waals surface area contributed by atoms with Crippen molar-refractivity contribution in [2.45, 2.75) is 64.8 Å². The molecule has 1 N–H and O–H groups in total. The first kappa shape index (κ1) is 14.8. The van der Waals surface area contributed by atoms with Crippen LogP contribution >= 0.6 is 11.3 Å². The van der Waals surface area contributed by atoms with Crippen LogP contribution in [0.4, 0.5) is 0 Å². The molecule has 0 saturated carbocycles. The second-order valence-corrected chi connectivity index (χ2v) is 6.89. The van der Waals surface area contributed by atoms with Crippen LogP contribution in [0.15, 0.2) is 23.8 Å². The molecule has 0 bridgehead atoms. The quantitative estimate of drug-likeness (QED) is 0.713. The molecule has 0 saturated heterocycles. The Hall–Kier alpha value is -0.600. The van der Waals surface area contributed by atoms with E-state index in [1.165, 1.54) is 54.7 Å². The Balaban J connectivity index is 2.15. The Morgan fingerprint density at radius 3 is 2.79 bits per heavy atom. The zero-order valence-electron chi connectivity index (χ0n) is 12.4. The van der Waals surface area contributed by atoms with Crippen molar-refractivity contribution in [1.82, 2.24) is 5.32 Å². The Morgan fingerprint density at radius 1 is 1.21 bits per heavy atom. The van der Waals surface area contributed by atoms with E-state index in [4.69, 9.17) is 0 Å². The van der Waals surface area contributed by atoms with Gasteiger partial charge in [0.15, 0.2) is 0 Å². The summed E-state index contributed by atoms with van der Waals surface area (Å²) < 4.78 is 0. The van der Waals surface area contributed by atoms with Crippen molar-refractivity contribution in [2.75, 3.05) is 6.54 Å². The third-order valence-corrected chi connectivity index (χ3v) is 4.91. The fourth-order valence-electron chi connectivity index (χ4n) is 2.79.